The van der Waals surface area contributed by atoms with Crippen molar-refractivity contribution in [3.8, 4) is 6.07 Å². The third-order valence-corrected chi connectivity index (χ3v) is 4.01. The molecule has 128 valence electrons. The molecule has 0 bridgehead atoms. The molecule has 0 aliphatic heterocycles. The van der Waals surface area contributed by atoms with Gasteiger partial charge in [-0.2, -0.15) is 5.26 Å². The molecule has 3 aromatic rings. The Morgan fingerprint density at radius 3 is 2.50 bits per heavy atom. The highest BCUT2D eigenvalue weighted by atomic mass is 16.6. The van der Waals surface area contributed by atoms with Crippen LogP contribution in [0, 0.1) is 21.4 Å². The van der Waals surface area contributed by atoms with Crippen molar-refractivity contribution in [1.29, 1.82) is 5.26 Å². The second kappa shape index (κ2) is 7.03. The van der Waals surface area contributed by atoms with Gasteiger partial charge in [0.15, 0.2) is 0 Å². The zero-order valence-electron chi connectivity index (χ0n) is 14.4. The summed E-state index contributed by atoms with van der Waals surface area (Å²) in [5, 5.41) is 21.2. The van der Waals surface area contributed by atoms with Gasteiger partial charge in [-0.15, -0.1) is 0 Å². The lowest BCUT2D eigenvalue weighted by Crippen LogP contribution is -2.08. The molecule has 0 N–H and O–H groups in total. The molecule has 0 unspecified atom stereocenters. The monoisotopic (exact) mass is 344 g/mol. The molecule has 3 rings (SSSR count). The summed E-state index contributed by atoms with van der Waals surface area (Å²) in [4.78, 5) is 16.9. The number of anilines is 1. The van der Waals surface area contributed by atoms with E-state index >= 15 is 0 Å². The molecule has 0 aliphatic carbocycles. The Labute approximate surface area is 150 Å². The van der Waals surface area contributed by atoms with Gasteiger partial charge in [-0.05, 0) is 48.0 Å². The van der Waals surface area contributed by atoms with Crippen molar-refractivity contribution in [2.75, 3.05) is 19.0 Å². The largest absolute Gasteiger partial charge is 0.378 e. The van der Waals surface area contributed by atoms with Crippen molar-refractivity contribution in [1.82, 2.24) is 4.98 Å². The first-order valence-electron chi connectivity index (χ1n) is 7.93. The number of allylic oxidation sites excluding steroid dienone is 1. The molecule has 6 heteroatoms. The van der Waals surface area contributed by atoms with E-state index in [0.717, 1.165) is 16.6 Å². The van der Waals surface area contributed by atoms with Gasteiger partial charge < -0.3 is 4.90 Å². The minimum atomic E-state index is -0.466. The number of aromatic nitrogens is 1. The fourth-order valence-corrected chi connectivity index (χ4v) is 2.58. The summed E-state index contributed by atoms with van der Waals surface area (Å²) in [6.45, 7) is 0. The number of non-ortho nitro benzene ring substituents is 1. The molecule has 6 nitrogen and oxygen atoms in total. The second-order valence-corrected chi connectivity index (χ2v) is 5.98. The highest BCUT2D eigenvalue weighted by Gasteiger charge is 2.08. The van der Waals surface area contributed by atoms with E-state index in [1.807, 2.05) is 43.3 Å². The molecule has 0 saturated carbocycles. The zero-order valence-corrected chi connectivity index (χ0v) is 14.4. The van der Waals surface area contributed by atoms with E-state index in [1.165, 1.54) is 12.1 Å². The average molecular weight is 344 g/mol. The highest BCUT2D eigenvalue weighted by Crippen LogP contribution is 2.23. The number of rotatable bonds is 4. The first-order chi connectivity index (χ1) is 12.5. The van der Waals surface area contributed by atoms with Gasteiger partial charge in [-0.3, -0.25) is 10.1 Å². The number of nitriles is 1. The number of nitro benzene ring substituents is 1. The Morgan fingerprint density at radius 1 is 1.15 bits per heavy atom. The van der Waals surface area contributed by atoms with Crippen LogP contribution in [0.4, 0.5) is 11.4 Å². The maximum Gasteiger partial charge on any atom is 0.269 e. The first kappa shape index (κ1) is 17.1. The molecule has 0 saturated heterocycles. The van der Waals surface area contributed by atoms with Crippen LogP contribution < -0.4 is 4.90 Å². The third kappa shape index (κ3) is 3.52. The molecule has 0 aliphatic rings. The number of pyridine rings is 1. The fourth-order valence-electron chi connectivity index (χ4n) is 2.58. The number of nitrogens with zero attached hydrogens (tertiary/aromatic N) is 4. The van der Waals surface area contributed by atoms with Crippen LogP contribution in [0.15, 0.2) is 54.6 Å². The molecule has 1 heterocycles. The molecule has 2 aromatic carbocycles. The van der Waals surface area contributed by atoms with Crippen LogP contribution in [0.2, 0.25) is 0 Å². The standard InChI is InChI=1S/C20H16N4O2/c1-23(2)19-9-10-20-15(12-19)3-6-17(22-20)11-16(13-21)14-4-7-18(8-5-14)24(25)26/h3-12H,1-2H3/b16-11+. The lowest BCUT2D eigenvalue weighted by atomic mass is 10.0. The number of fused-ring (bicyclic) bond motifs is 1. The van der Waals surface area contributed by atoms with E-state index in [0.29, 0.717) is 16.8 Å². The summed E-state index contributed by atoms with van der Waals surface area (Å²) < 4.78 is 0. The molecular weight excluding hydrogens is 328 g/mol. The predicted molar refractivity (Wildman–Crippen MR) is 103 cm³/mol. The SMILES string of the molecule is CN(C)c1ccc2nc(/C=C(\C#N)c3ccc([N+](=O)[O-])cc3)ccc2c1. The van der Waals surface area contributed by atoms with E-state index in [1.54, 1.807) is 18.2 Å². The molecule has 0 radical (unpaired) electrons. The van der Waals surface area contributed by atoms with Crippen LogP contribution >= 0.6 is 0 Å². The minimum absolute atomic E-state index is 0.00781. The second-order valence-electron chi connectivity index (χ2n) is 5.98. The van der Waals surface area contributed by atoms with Gasteiger partial charge in [0.2, 0.25) is 0 Å². The van der Waals surface area contributed by atoms with Crippen LogP contribution in [-0.4, -0.2) is 24.0 Å². The molecule has 0 fully saturated rings. The van der Waals surface area contributed by atoms with Gasteiger partial charge in [0, 0.05) is 37.3 Å². The third-order valence-electron chi connectivity index (χ3n) is 4.01. The summed E-state index contributed by atoms with van der Waals surface area (Å²) in [6, 6.07) is 17.8. The van der Waals surface area contributed by atoms with Gasteiger partial charge in [-0.1, -0.05) is 6.07 Å². The van der Waals surface area contributed by atoms with E-state index in [2.05, 4.69) is 17.1 Å². The lowest BCUT2D eigenvalue weighted by molar-refractivity contribution is -0.384. The molecule has 1 aromatic heterocycles. The smallest absolute Gasteiger partial charge is 0.269 e. The van der Waals surface area contributed by atoms with Crippen molar-refractivity contribution in [3.63, 3.8) is 0 Å². The fraction of sp³-hybridized carbons (Fsp3) is 0.100. The summed E-state index contributed by atoms with van der Waals surface area (Å²) >= 11 is 0. The summed E-state index contributed by atoms with van der Waals surface area (Å²) in [7, 11) is 3.96. The van der Waals surface area contributed by atoms with Crippen LogP contribution in [0.1, 0.15) is 11.3 Å². The Hall–Kier alpha value is -3.72. The Morgan fingerprint density at radius 2 is 1.88 bits per heavy atom. The van der Waals surface area contributed by atoms with Gasteiger partial charge in [-0.25, -0.2) is 4.98 Å². The highest BCUT2D eigenvalue weighted by molar-refractivity contribution is 5.91. The molecule has 0 spiro atoms. The lowest BCUT2D eigenvalue weighted by Gasteiger charge is -2.12. The molecular formula is C20H16N4O2. The van der Waals surface area contributed by atoms with Gasteiger partial charge in [0.05, 0.1) is 27.8 Å². The topological polar surface area (TPSA) is 83.1 Å². The number of nitro groups is 1. The average Bonchev–Trinajstić information content (AvgIpc) is 2.65. The van der Waals surface area contributed by atoms with E-state index in [-0.39, 0.29) is 5.69 Å². The Kier molecular flexibility index (Phi) is 4.63. The Balaban J connectivity index is 1.97. The predicted octanol–water partition coefficient (Wildman–Crippen LogP) is 4.27. The quantitative estimate of drug-likeness (QED) is 0.401. The van der Waals surface area contributed by atoms with Crippen LogP contribution in [-0.2, 0) is 0 Å². The number of hydrogen-bond acceptors (Lipinski definition) is 5. The van der Waals surface area contributed by atoms with E-state index in [9.17, 15) is 15.4 Å². The van der Waals surface area contributed by atoms with Crippen molar-refractivity contribution >= 4 is 33.9 Å². The summed E-state index contributed by atoms with van der Waals surface area (Å²) in [5.41, 5.74) is 3.59. The van der Waals surface area contributed by atoms with Crippen LogP contribution in [0.3, 0.4) is 0 Å². The maximum absolute atomic E-state index is 10.7. The van der Waals surface area contributed by atoms with Gasteiger partial charge in [0.25, 0.3) is 5.69 Å². The first-order valence-corrected chi connectivity index (χ1v) is 7.93. The van der Waals surface area contributed by atoms with Crippen molar-refractivity contribution < 1.29 is 4.92 Å². The normalized spacial score (nSPS) is 11.2. The van der Waals surface area contributed by atoms with Crippen LogP contribution in [0.5, 0.6) is 0 Å². The van der Waals surface area contributed by atoms with Crippen LogP contribution in [0.25, 0.3) is 22.6 Å². The van der Waals surface area contributed by atoms with Crippen molar-refractivity contribution in [2.45, 2.75) is 0 Å². The van der Waals surface area contributed by atoms with E-state index in [4.69, 9.17) is 0 Å². The number of hydrogen-bond donors (Lipinski definition) is 0. The minimum Gasteiger partial charge on any atom is -0.378 e. The van der Waals surface area contributed by atoms with E-state index < -0.39 is 4.92 Å². The number of benzene rings is 2. The van der Waals surface area contributed by atoms with Crippen molar-refractivity contribution in [2.24, 2.45) is 0 Å². The summed E-state index contributed by atoms with van der Waals surface area (Å²) in [5.74, 6) is 0. The van der Waals surface area contributed by atoms with Gasteiger partial charge in [0.1, 0.15) is 0 Å². The Bertz CT molecular complexity index is 1050. The van der Waals surface area contributed by atoms with Gasteiger partial charge >= 0.3 is 0 Å². The molecule has 0 amide bonds. The molecule has 0 atom stereocenters. The van der Waals surface area contributed by atoms with Crippen molar-refractivity contribution in [3.05, 3.63) is 76.0 Å². The maximum atomic E-state index is 10.7. The molecule has 26 heavy (non-hydrogen) atoms. The summed E-state index contributed by atoms with van der Waals surface area (Å²) in [6.07, 6.45) is 1.68. The zero-order chi connectivity index (χ0) is 18.7.